The van der Waals surface area contributed by atoms with Crippen molar-refractivity contribution in [3.05, 3.63) is 58.8 Å². The summed E-state index contributed by atoms with van der Waals surface area (Å²) < 4.78 is 0. The number of aromatic hydroxyl groups is 1. The first-order valence-electron chi connectivity index (χ1n) is 5.70. The molecular weight excluding hydrogens is 260 g/mol. The summed E-state index contributed by atoms with van der Waals surface area (Å²) >= 11 is 1.54. The fourth-order valence-corrected chi connectivity index (χ4v) is 2.20. The lowest BCUT2D eigenvalue weighted by Crippen LogP contribution is -2.36. The minimum Gasteiger partial charge on any atom is -0.508 e. The maximum absolute atomic E-state index is 11.7. The second kappa shape index (κ2) is 6.06. The number of amides is 1. The Kier molecular flexibility index (Phi) is 4.20. The highest BCUT2D eigenvalue weighted by molar-refractivity contribution is 7.10. The van der Waals surface area contributed by atoms with Crippen molar-refractivity contribution in [2.75, 3.05) is 0 Å². The van der Waals surface area contributed by atoms with Crippen LogP contribution in [0.15, 0.2) is 48.4 Å². The van der Waals surface area contributed by atoms with E-state index in [9.17, 15) is 9.90 Å². The maximum Gasteiger partial charge on any atom is 0.243 e. The number of phenols is 1. The molecule has 1 amide bonds. The fourth-order valence-electron chi connectivity index (χ4n) is 1.50. The van der Waals surface area contributed by atoms with Crippen LogP contribution < -0.4 is 10.9 Å². The van der Waals surface area contributed by atoms with Gasteiger partial charge in [-0.1, -0.05) is 12.6 Å². The normalized spacial score (nSPS) is 9.89. The Morgan fingerprint density at radius 2 is 1.95 bits per heavy atom. The van der Waals surface area contributed by atoms with E-state index in [1.807, 2.05) is 17.5 Å². The largest absolute Gasteiger partial charge is 0.508 e. The molecule has 0 aliphatic carbocycles. The van der Waals surface area contributed by atoms with Crippen LogP contribution in [-0.4, -0.2) is 11.0 Å². The number of thiophene rings is 1. The van der Waals surface area contributed by atoms with E-state index in [0.29, 0.717) is 12.1 Å². The Labute approximate surface area is 115 Å². The third kappa shape index (κ3) is 3.86. The van der Waals surface area contributed by atoms with Crippen molar-refractivity contribution < 1.29 is 9.90 Å². The number of nitrogens with one attached hydrogen (secondary N) is 2. The highest BCUT2D eigenvalue weighted by atomic mass is 32.1. The highest BCUT2D eigenvalue weighted by Crippen LogP contribution is 2.14. The van der Waals surface area contributed by atoms with Crippen LogP contribution in [0, 0.1) is 0 Å². The summed E-state index contributed by atoms with van der Waals surface area (Å²) in [5.41, 5.74) is 6.72. The van der Waals surface area contributed by atoms with Crippen molar-refractivity contribution >= 4 is 22.9 Å². The molecular formula is C14H14N2O2S. The van der Waals surface area contributed by atoms with Gasteiger partial charge in [-0.05, 0) is 41.3 Å². The molecule has 0 unspecified atom stereocenters. The van der Waals surface area contributed by atoms with Gasteiger partial charge in [0.15, 0.2) is 0 Å². The topological polar surface area (TPSA) is 61.4 Å². The van der Waals surface area contributed by atoms with Gasteiger partial charge in [0, 0.05) is 4.88 Å². The van der Waals surface area contributed by atoms with E-state index in [0.717, 1.165) is 10.4 Å². The molecule has 1 aromatic heterocycles. The van der Waals surface area contributed by atoms with Gasteiger partial charge in [0.05, 0.1) is 12.1 Å². The van der Waals surface area contributed by atoms with Crippen molar-refractivity contribution in [1.82, 2.24) is 10.9 Å². The van der Waals surface area contributed by atoms with Gasteiger partial charge >= 0.3 is 0 Å². The Bertz CT molecular complexity index is 562. The Balaban J connectivity index is 1.83. The predicted molar refractivity (Wildman–Crippen MR) is 76.4 cm³/mol. The number of hydrogen-bond acceptors (Lipinski definition) is 4. The maximum atomic E-state index is 11.7. The van der Waals surface area contributed by atoms with E-state index in [1.165, 1.54) is 0 Å². The zero-order chi connectivity index (χ0) is 13.7. The molecule has 0 aliphatic heterocycles. The molecule has 0 saturated carbocycles. The Morgan fingerprint density at radius 3 is 2.58 bits per heavy atom. The van der Waals surface area contributed by atoms with Gasteiger partial charge in [-0.15, -0.1) is 11.3 Å². The second-order valence-electron chi connectivity index (χ2n) is 3.95. The molecule has 4 nitrogen and oxygen atoms in total. The molecule has 98 valence electrons. The van der Waals surface area contributed by atoms with Crippen molar-refractivity contribution in [3.8, 4) is 5.75 Å². The summed E-state index contributed by atoms with van der Waals surface area (Å²) in [6, 6.07) is 10.4. The summed E-state index contributed by atoms with van der Waals surface area (Å²) in [5, 5.41) is 11.1. The first-order valence-corrected chi connectivity index (χ1v) is 6.58. The molecule has 1 aromatic carbocycles. The average Bonchev–Trinajstić information content (AvgIpc) is 2.89. The average molecular weight is 274 g/mol. The second-order valence-corrected chi connectivity index (χ2v) is 4.99. The third-order valence-electron chi connectivity index (χ3n) is 2.48. The summed E-state index contributed by atoms with van der Waals surface area (Å²) in [7, 11) is 0. The molecule has 0 saturated heterocycles. The molecule has 1 heterocycles. The van der Waals surface area contributed by atoms with Crippen molar-refractivity contribution in [2.24, 2.45) is 0 Å². The zero-order valence-electron chi connectivity index (χ0n) is 10.2. The molecule has 3 N–H and O–H groups in total. The van der Waals surface area contributed by atoms with Crippen LogP contribution in [0.4, 0.5) is 0 Å². The van der Waals surface area contributed by atoms with E-state index in [-0.39, 0.29) is 11.7 Å². The summed E-state index contributed by atoms with van der Waals surface area (Å²) in [4.78, 5) is 12.7. The van der Waals surface area contributed by atoms with Gasteiger partial charge in [-0.25, -0.2) is 0 Å². The van der Waals surface area contributed by atoms with Gasteiger partial charge in [0.25, 0.3) is 0 Å². The lowest BCUT2D eigenvalue weighted by atomic mass is 10.2. The number of rotatable bonds is 5. The standard InChI is InChI=1S/C14H14N2O2S/c1-10(11-4-6-12(17)7-5-11)15-16-14(18)9-13-3-2-8-19-13/h2-8,15,17H,1,9H2,(H,16,18). The van der Waals surface area contributed by atoms with Gasteiger partial charge in [0.1, 0.15) is 5.75 Å². The van der Waals surface area contributed by atoms with Crippen LogP contribution in [0.25, 0.3) is 5.70 Å². The third-order valence-corrected chi connectivity index (χ3v) is 3.36. The molecule has 0 atom stereocenters. The molecule has 19 heavy (non-hydrogen) atoms. The van der Waals surface area contributed by atoms with Crippen LogP contribution >= 0.6 is 11.3 Å². The van der Waals surface area contributed by atoms with Crippen molar-refractivity contribution in [2.45, 2.75) is 6.42 Å². The van der Waals surface area contributed by atoms with E-state index in [4.69, 9.17) is 0 Å². The molecule has 0 spiro atoms. The van der Waals surface area contributed by atoms with Crippen molar-refractivity contribution in [3.63, 3.8) is 0 Å². The van der Waals surface area contributed by atoms with Crippen molar-refractivity contribution in [1.29, 1.82) is 0 Å². The van der Waals surface area contributed by atoms with Crippen LogP contribution in [0.2, 0.25) is 0 Å². The Hall–Kier alpha value is -2.27. The van der Waals surface area contributed by atoms with Crippen LogP contribution in [-0.2, 0) is 11.2 Å². The smallest absolute Gasteiger partial charge is 0.243 e. The number of benzene rings is 1. The summed E-state index contributed by atoms with van der Waals surface area (Å²) in [6.45, 7) is 3.82. The van der Waals surface area contributed by atoms with E-state index >= 15 is 0 Å². The number of hydrogen-bond donors (Lipinski definition) is 3. The molecule has 0 radical (unpaired) electrons. The SMILES string of the molecule is C=C(NNC(=O)Cc1cccs1)c1ccc(O)cc1. The highest BCUT2D eigenvalue weighted by Gasteiger charge is 2.04. The number of phenolic OH excluding ortho intramolecular Hbond substituents is 1. The lowest BCUT2D eigenvalue weighted by Gasteiger charge is -2.10. The molecule has 2 rings (SSSR count). The summed E-state index contributed by atoms with van der Waals surface area (Å²) in [5.74, 6) is 0.0701. The molecule has 0 aliphatic rings. The quantitative estimate of drug-likeness (QED) is 0.733. The van der Waals surface area contributed by atoms with Crippen LogP contribution in [0.1, 0.15) is 10.4 Å². The van der Waals surface area contributed by atoms with Gasteiger partial charge < -0.3 is 5.11 Å². The van der Waals surface area contributed by atoms with Gasteiger partial charge in [-0.2, -0.15) is 0 Å². The van der Waals surface area contributed by atoms with Gasteiger partial charge in [-0.3, -0.25) is 15.6 Å². The zero-order valence-corrected chi connectivity index (χ0v) is 11.0. The first-order chi connectivity index (χ1) is 9.15. The number of carbonyl (C=O) groups is 1. The summed E-state index contributed by atoms with van der Waals surface area (Å²) in [6.07, 6.45) is 0.341. The van der Waals surface area contributed by atoms with Crippen LogP contribution in [0.3, 0.4) is 0 Å². The van der Waals surface area contributed by atoms with E-state index in [2.05, 4.69) is 17.4 Å². The fraction of sp³-hybridized carbons (Fsp3) is 0.0714. The predicted octanol–water partition coefficient (Wildman–Crippen LogP) is 2.29. The molecule has 0 bridgehead atoms. The minimum absolute atomic E-state index is 0.123. The number of carbonyl (C=O) groups excluding carboxylic acids is 1. The van der Waals surface area contributed by atoms with Gasteiger partial charge in [0.2, 0.25) is 5.91 Å². The lowest BCUT2D eigenvalue weighted by molar-refractivity contribution is -0.121. The molecule has 0 fully saturated rings. The Morgan fingerprint density at radius 1 is 1.21 bits per heavy atom. The molecule has 5 heteroatoms. The first kappa shape index (κ1) is 13.2. The minimum atomic E-state index is -0.123. The monoisotopic (exact) mass is 274 g/mol. The number of hydrazine groups is 1. The van der Waals surface area contributed by atoms with E-state index < -0.39 is 0 Å². The molecule has 2 aromatic rings. The van der Waals surface area contributed by atoms with Crippen LogP contribution in [0.5, 0.6) is 5.75 Å². The van der Waals surface area contributed by atoms with E-state index in [1.54, 1.807) is 35.6 Å².